The van der Waals surface area contributed by atoms with Crippen molar-refractivity contribution in [3.8, 4) is 0 Å². The molecule has 104 valence electrons. The summed E-state index contributed by atoms with van der Waals surface area (Å²) in [5.41, 5.74) is 6.09. The van der Waals surface area contributed by atoms with E-state index in [9.17, 15) is 4.79 Å². The maximum absolute atomic E-state index is 11.9. The Morgan fingerprint density at radius 1 is 1.33 bits per heavy atom. The minimum Gasteiger partial charge on any atom is -0.352 e. The van der Waals surface area contributed by atoms with E-state index in [2.05, 4.69) is 17.1 Å². The minimum absolute atomic E-state index is 0.207. The molecule has 4 heteroatoms. The minimum atomic E-state index is 0.207. The molecule has 0 aromatic heterocycles. The molecular weight excluding hydrogens is 226 g/mol. The molecule has 3 N–H and O–H groups in total. The van der Waals surface area contributed by atoms with Crippen molar-refractivity contribution in [3.63, 3.8) is 0 Å². The fourth-order valence-corrected chi connectivity index (χ4v) is 3.00. The number of hydrogen-bond acceptors (Lipinski definition) is 3. The Bertz CT molecular complexity index is 279. The number of piperidine rings is 1. The number of nitrogens with two attached hydrogens (primary N) is 1. The van der Waals surface area contributed by atoms with Crippen LogP contribution in [0.4, 0.5) is 0 Å². The standard InChI is InChI=1S/C14H27N3O/c1-14(11-15)6-8-17(9-7-14)10-13(18)16-12-4-2-3-5-12/h12H,2-11,15H2,1H3,(H,16,18). The van der Waals surface area contributed by atoms with Gasteiger partial charge in [0.15, 0.2) is 0 Å². The molecule has 0 unspecified atom stereocenters. The van der Waals surface area contributed by atoms with E-state index in [1.807, 2.05) is 0 Å². The first-order valence-corrected chi connectivity index (χ1v) is 7.33. The van der Waals surface area contributed by atoms with E-state index in [1.54, 1.807) is 0 Å². The first kappa shape index (κ1) is 13.8. The van der Waals surface area contributed by atoms with Crippen LogP contribution in [0.3, 0.4) is 0 Å². The molecule has 2 rings (SSSR count). The highest BCUT2D eigenvalue weighted by Crippen LogP contribution is 2.29. The van der Waals surface area contributed by atoms with Crippen molar-refractivity contribution in [1.29, 1.82) is 0 Å². The Kier molecular flexibility index (Phi) is 4.62. The highest BCUT2D eigenvalue weighted by molar-refractivity contribution is 5.78. The van der Waals surface area contributed by atoms with Gasteiger partial charge in [-0.1, -0.05) is 19.8 Å². The number of likely N-dealkylation sites (tertiary alicyclic amines) is 1. The van der Waals surface area contributed by atoms with Crippen molar-refractivity contribution in [2.24, 2.45) is 11.1 Å². The lowest BCUT2D eigenvalue weighted by Crippen LogP contribution is -2.47. The molecule has 0 bridgehead atoms. The topological polar surface area (TPSA) is 58.4 Å². The summed E-state index contributed by atoms with van der Waals surface area (Å²) in [5.74, 6) is 0.207. The van der Waals surface area contributed by atoms with Crippen molar-refractivity contribution in [3.05, 3.63) is 0 Å². The fraction of sp³-hybridized carbons (Fsp3) is 0.929. The van der Waals surface area contributed by atoms with Crippen LogP contribution in [0.5, 0.6) is 0 Å². The van der Waals surface area contributed by atoms with Crippen LogP contribution >= 0.6 is 0 Å². The van der Waals surface area contributed by atoms with E-state index in [0.717, 1.165) is 45.3 Å². The fourth-order valence-electron chi connectivity index (χ4n) is 3.00. The molecule has 0 aromatic carbocycles. The molecule has 1 saturated heterocycles. The van der Waals surface area contributed by atoms with Gasteiger partial charge in [0.05, 0.1) is 6.54 Å². The summed E-state index contributed by atoms with van der Waals surface area (Å²) in [5, 5.41) is 3.16. The first-order chi connectivity index (χ1) is 8.61. The smallest absolute Gasteiger partial charge is 0.234 e. The molecule has 0 aromatic rings. The average molecular weight is 253 g/mol. The number of rotatable bonds is 4. The van der Waals surface area contributed by atoms with Crippen LogP contribution in [0.15, 0.2) is 0 Å². The maximum atomic E-state index is 11.9. The highest BCUT2D eigenvalue weighted by Gasteiger charge is 2.29. The summed E-state index contributed by atoms with van der Waals surface area (Å²) < 4.78 is 0. The first-order valence-electron chi connectivity index (χ1n) is 7.33. The lowest BCUT2D eigenvalue weighted by Gasteiger charge is -2.38. The van der Waals surface area contributed by atoms with E-state index in [-0.39, 0.29) is 5.91 Å². The van der Waals surface area contributed by atoms with Gasteiger partial charge in [0, 0.05) is 6.04 Å². The maximum Gasteiger partial charge on any atom is 0.234 e. The number of amides is 1. The molecule has 1 saturated carbocycles. The van der Waals surface area contributed by atoms with Crippen LogP contribution in [-0.4, -0.2) is 43.0 Å². The molecule has 0 atom stereocenters. The van der Waals surface area contributed by atoms with Crippen molar-refractivity contribution < 1.29 is 4.79 Å². The van der Waals surface area contributed by atoms with Crippen molar-refractivity contribution in [2.45, 2.75) is 51.5 Å². The van der Waals surface area contributed by atoms with Crippen LogP contribution in [0, 0.1) is 5.41 Å². The summed E-state index contributed by atoms with van der Waals surface area (Å²) in [7, 11) is 0. The number of carbonyl (C=O) groups is 1. The lowest BCUT2D eigenvalue weighted by molar-refractivity contribution is -0.123. The van der Waals surface area contributed by atoms with Gasteiger partial charge in [-0.3, -0.25) is 9.69 Å². The molecule has 0 spiro atoms. The van der Waals surface area contributed by atoms with E-state index in [0.29, 0.717) is 18.0 Å². The molecule has 1 amide bonds. The third kappa shape index (κ3) is 3.69. The molecule has 0 radical (unpaired) electrons. The highest BCUT2D eigenvalue weighted by atomic mass is 16.2. The molecule has 2 fully saturated rings. The van der Waals surface area contributed by atoms with Gasteiger partial charge in [0.25, 0.3) is 0 Å². The summed E-state index contributed by atoms with van der Waals surface area (Å²) >= 11 is 0. The molecule has 4 nitrogen and oxygen atoms in total. The second-order valence-electron chi connectivity index (χ2n) is 6.34. The summed E-state index contributed by atoms with van der Waals surface area (Å²) in [4.78, 5) is 14.2. The van der Waals surface area contributed by atoms with Crippen molar-refractivity contribution in [2.75, 3.05) is 26.2 Å². The number of nitrogens with zero attached hydrogens (tertiary/aromatic N) is 1. The van der Waals surface area contributed by atoms with Gasteiger partial charge >= 0.3 is 0 Å². The Morgan fingerprint density at radius 3 is 2.50 bits per heavy atom. The van der Waals surface area contributed by atoms with Crippen LogP contribution < -0.4 is 11.1 Å². The summed E-state index contributed by atoms with van der Waals surface area (Å²) in [6, 6.07) is 0.441. The van der Waals surface area contributed by atoms with E-state index >= 15 is 0 Å². The van der Waals surface area contributed by atoms with Gasteiger partial charge in [-0.15, -0.1) is 0 Å². The molecule has 1 aliphatic heterocycles. The Labute approximate surface area is 110 Å². The monoisotopic (exact) mass is 253 g/mol. The number of carbonyl (C=O) groups excluding carboxylic acids is 1. The van der Waals surface area contributed by atoms with E-state index in [4.69, 9.17) is 5.73 Å². The molecule has 1 heterocycles. The quantitative estimate of drug-likeness (QED) is 0.789. The van der Waals surface area contributed by atoms with Crippen molar-refractivity contribution >= 4 is 5.91 Å². The average Bonchev–Trinajstić information content (AvgIpc) is 2.85. The van der Waals surface area contributed by atoms with Gasteiger partial charge in [-0.2, -0.15) is 0 Å². The van der Waals surface area contributed by atoms with Gasteiger partial charge in [-0.25, -0.2) is 0 Å². The predicted molar refractivity (Wildman–Crippen MR) is 73.2 cm³/mol. The molecule has 2 aliphatic rings. The Hall–Kier alpha value is -0.610. The van der Waals surface area contributed by atoms with Crippen LogP contribution in [0.1, 0.15) is 45.4 Å². The zero-order valence-corrected chi connectivity index (χ0v) is 11.6. The predicted octanol–water partition coefficient (Wildman–Crippen LogP) is 1.11. The third-order valence-corrected chi connectivity index (χ3v) is 4.64. The van der Waals surface area contributed by atoms with Gasteiger partial charge in [0.1, 0.15) is 0 Å². The Balaban J connectivity index is 1.69. The zero-order chi connectivity index (χ0) is 13.0. The van der Waals surface area contributed by atoms with Gasteiger partial charge < -0.3 is 11.1 Å². The lowest BCUT2D eigenvalue weighted by atomic mass is 9.80. The summed E-state index contributed by atoms with van der Waals surface area (Å²) in [6.07, 6.45) is 7.08. The van der Waals surface area contributed by atoms with Crippen LogP contribution in [0.25, 0.3) is 0 Å². The van der Waals surface area contributed by atoms with E-state index < -0.39 is 0 Å². The van der Waals surface area contributed by atoms with Crippen molar-refractivity contribution in [1.82, 2.24) is 10.2 Å². The second kappa shape index (κ2) is 6.02. The molecule has 18 heavy (non-hydrogen) atoms. The molecular formula is C14H27N3O. The van der Waals surface area contributed by atoms with Crippen LogP contribution in [-0.2, 0) is 4.79 Å². The van der Waals surface area contributed by atoms with Gasteiger partial charge in [-0.05, 0) is 50.7 Å². The molecule has 1 aliphatic carbocycles. The number of nitrogens with one attached hydrogen (secondary N) is 1. The summed E-state index contributed by atoms with van der Waals surface area (Å²) in [6.45, 7) is 5.59. The van der Waals surface area contributed by atoms with E-state index in [1.165, 1.54) is 12.8 Å². The third-order valence-electron chi connectivity index (χ3n) is 4.64. The second-order valence-corrected chi connectivity index (χ2v) is 6.34. The Morgan fingerprint density at radius 2 is 1.94 bits per heavy atom. The SMILES string of the molecule is CC1(CN)CCN(CC(=O)NC2CCCC2)CC1. The largest absolute Gasteiger partial charge is 0.352 e. The van der Waals surface area contributed by atoms with Crippen LogP contribution in [0.2, 0.25) is 0 Å². The normalized spacial score (nSPS) is 25.2. The van der Waals surface area contributed by atoms with Gasteiger partial charge in [0.2, 0.25) is 5.91 Å². The zero-order valence-electron chi connectivity index (χ0n) is 11.6. The number of hydrogen-bond donors (Lipinski definition) is 2.